The van der Waals surface area contributed by atoms with Gasteiger partial charge < -0.3 is 15.8 Å². The first kappa shape index (κ1) is 13.6. The summed E-state index contributed by atoms with van der Waals surface area (Å²) in [6.45, 7) is 2.53. The average molecular weight is 260 g/mol. The Balaban J connectivity index is 2.33. The standard InChI is InChI=1S/C15H20N2O2/c1-2-3-4-13(15(18)19)10-5-6-14-11(7-10)8-12(9-16)17-14/h5-8,13,17H,2-4,9,16H2,1H3,(H,18,19). The Morgan fingerprint density at radius 3 is 2.84 bits per heavy atom. The minimum atomic E-state index is -0.748. The molecule has 0 bridgehead atoms. The lowest BCUT2D eigenvalue weighted by Gasteiger charge is -2.12. The number of aliphatic carboxylic acids is 1. The van der Waals surface area contributed by atoms with Crippen LogP contribution in [-0.2, 0) is 11.3 Å². The number of carboxylic acids is 1. The molecule has 0 aliphatic carbocycles. The van der Waals surface area contributed by atoms with Crippen molar-refractivity contribution in [2.45, 2.75) is 38.6 Å². The van der Waals surface area contributed by atoms with Gasteiger partial charge in [-0.1, -0.05) is 25.8 Å². The van der Waals surface area contributed by atoms with Gasteiger partial charge in [0.2, 0.25) is 0 Å². The summed E-state index contributed by atoms with van der Waals surface area (Å²) in [5.41, 5.74) is 8.44. The minimum Gasteiger partial charge on any atom is -0.481 e. The lowest BCUT2D eigenvalue weighted by atomic mass is 9.93. The molecule has 0 radical (unpaired) electrons. The molecule has 1 heterocycles. The van der Waals surface area contributed by atoms with E-state index in [0.717, 1.165) is 35.0 Å². The fraction of sp³-hybridized carbons (Fsp3) is 0.400. The van der Waals surface area contributed by atoms with Gasteiger partial charge >= 0.3 is 5.97 Å². The van der Waals surface area contributed by atoms with Crippen LogP contribution in [0.15, 0.2) is 24.3 Å². The van der Waals surface area contributed by atoms with Crippen LogP contribution in [-0.4, -0.2) is 16.1 Å². The van der Waals surface area contributed by atoms with Crippen molar-refractivity contribution in [1.29, 1.82) is 0 Å². The Morgan fingerprint density at radius 1 is 1.42 bits per heavy atom. The molecule has 4 N–H and O–H groups in total. The number of nitrogens with two attached hydrogens (primary N) is 1. The number of aromatic nitrogens is 1. The summed E-state index contributed by atoms with van der Waals surface area (Å²) in [4.78, 5) is 14.6. The summed E-state index contributed by atoms with van der Waals surface area (Å²) in [7, 11) is 0. The molecule has 2 aromatic rings. The number of carboxylic acid groups (broad SMARTS) is 1. The summed E-state index contributed by atoms with van der Waals surface area (Å²) in [6, 6.07) is 7.77. The predicted octanol–water partition coefficient (Wildman–Crippen LogP) is 2.99. The summed E-state index contributed by atoms with van der Waals surface area (Å²) < 4.78 is 0. The summed E-state index contributed by atoms with van der Waals surface area (Å²) in [5, 5.41) is 10.4. The van der Waals surface area contributed by atoms with Gasteiger partial charge in [0.25, 0.3) is 0 Å². The van der Waals surface area contributed by atoms with Crippen LogP contribution in [0.25, 0.3) is 10.9 Å². The molecule has 1 atom stereocenters. The lowest BCUT2D eigenvalue weighted by molar-refractivity contribution is -0.139. The average Bonchev–Trinajstić information content (AvgIpc) is 2.81. The van der Waals surface area contributed by atoms with Gasteiger partial charge in [-0.05, 0) is 35.6 Å². The van der Waals surface area contributed by atoms with E-state index in [9.17, 15) is 9.90 Å². The molecular formula is C15H20N2O2. The van der Waals surface area contributed by atoms with Crippen molar-refractivity contribution in [3.8, 4) is 0 Å². The van der Waals surface area contributed by atoms with E-state index in [2.05, 4.69) is 11.9 Å². The minimum absolute atomic E-state index is 0.416. The number of nitrogens with one attached hydrogen (secondary N) is 1. The van der Waals surface area contributed by atoms with Crippen LogP contribution in [0.4, 0.5) is 0 Å². The molecule has 0 fully saturated rings. The van der Waals surface area contributed by atoms with Crippen molar-refractivity contribution >= 4 is 16.9 Å². The zero-order valence-electron chi connectivity index (χ0n) is 11.1. The molecule has 0 aliphatic heterocycles. The Bertz CT molecular complexity index is 575. The zero-order chi connectivity index (χ0) is 13.8. The van der Waals surface area contributed by atoms with Crippen LogP contribution in [0, 0.1) is 0 Å². The highest BCUT2D eigenvalue weighted by molar-refractivity contribution is 5.84. The first-order valence-corrected chi connectivity index (χ1v) is 6.70. The fourth-order valence-electron chi connectivity index (χ4n) is 2.38. The molecule has 19 heavy (non-hydrogen) atoms. The van der Waals surface area contributed by atoms with Gasteiger partial charge in [-0.2, -0.15) is 0 Å². The van der Waals surface area contributed by atoms with E-state index in [0.29, 0.717) is 13.0 Å². The van der Waals surface area contributed by atoms with Gasteiger partial charge in [0, 0.05) is 17.8 Å². The summed E-state index contributed by atoms with van der Waals surface area (Å²) in [6.07, 6.45) is 2.62. The van der Waals surface area contributed by atoms with Crippen molar-refractivity contribution in [3.63, 3.8) is 0 Å². The number of H-pyrrole nitrogens is 1. The molecule has 0 spiro atoms. The number of unbranched alkanes of at least 4 members (excludes halogenated alkanes) is 1. The molecule has 102 valence electrons. The van der Waals surface area contributed by atoms with Crippen molar-refractivity contribution in [1.82, 2.24) is 4.98 Å². The van der Waals surface area contributed by atoms with Crippen LogP contribution in [0.3, 0.4) is 0 Å². The smallest absolute Gasteiger partial charge is 0.310 e. The first-order chi connectivity index (χ1) is 9.15. The maximum Gasteiger partial charge on any atom is 0.310 e. The Labute approximate surface area is 112 Å². The Kier molecular flexibility index (Phi) is 4.22. The van der Waals surface area contributed by atoms with E-state index in [1.165, 1.54) is 0 Å². The van der Waals surface area contributed by atoms with Crippen molar-refractivity contribution in [3.05, 3.63) is 35.5 Å². The Morgan fingerprint density at radius 2 is 2.21 bits per heavy atom. The molecule has 0 saturated heterocycles. The second-order valence-corrected chi connectivity index (χ2v) is 4.88. The van der Waals surface area contributed by atoms with Gasteiger partial charge in [0.1, 0.15) is 0 Å². The zero-order valence-corrected chi connectivity index (χ0v) is 11.1. The maximum atomic E-state index is 11.4. The van der Waals surface area contributed by atoms with Gasteiger partial charge in [0.15, 0.2) is 0 Å². The molecule has 2 rings (SSSR count). The molecule has 4 heteroatoms. The molecule has 0 aliphatic rings. The van der Waals surface area contributed by atoms with E-state index in [1.54, 1.807) is 0 Å². The normalized spacial score (nSPS) is 12.7. The molecule has 1 unspecified atom stereocenters. The highest BCUT2D eigenvalue weighted by Crippen LogP contribution is 2.26. The number of benzene rings is 1. The second kappa shape index (κ2) is 5.89. The quantitative estimate of drug-likeness (QED) is 0.747. The topological polar surface area (TPSA) is 79.1 Å². The third kappa shape index (κ3) is 2.96. The molecule has 4 nitrogen and oxygen atoms in total. The monoisotopic (exact) mass is 260 g/mol. The van der Waals surface area contributed by atoms with Crippen LogP contribution in [0.5, 0.6) is 0 Å². The molecule has 1 aromatic carbocycles. The van der Waals surface area contributed by atoms with E-state index in [4.69, 9.17) is 5.73 Å². The third-order valence-electron chi connectivity index (χ3n) is 3.47. The first-order valence-electron chi connectivity index (χ1n) is 6.70. The summed E-state index contributed by atoms with van der Waals surface area (Å²) >= 11 is 0. The van der Waals surface area contributed by atoms with Crippen molar-refractivity contribution in [2.75, 3.05) is 0 Å². The summed E-state index contributed by atoms with van der Waals surface area (Å²) in [5.74, 6) is -1.16. The SMILES string of the molecule is CCCCC(C(=O)O)c1ccc2[nH]c(CN)cc2c1. The maximum absolute atomic E-state index is 11.4. The van der Waals surface area contributed by atoms with Crippen LogP contribution < -0.4 is 5.73 Å². The molecule has 0 amide bonds. The Hall–Kier alpha value is -1.81. The molecule has 1 aromatic heterocycles. The number of hydrogen-bond donors (Lipinski definition) is 3. The van der Waals surface area contributed by atoms with E-state index >= 15 is 0 Å². The number of hydrogen-bond acceptors (Lipinski definition) is 2. The van der Waals surface area contributed by atoms with E-state index in [-0.39, 0.29) is 0 Å². The van der Waals surface area contributed by atoms with E-state index in [1.807, 2.05) is 24.3 Å². The van der Waals surface area contributed by atoms with Gasteiger partial charge in [-0.3, -0.25) is 4.79 Å². The number of carbonyl (C=O) groups is 1. The van der Waals surface area contributed by atoms with Crippen LogP contribution in [0.2, 0.25) is 0 Å². The highest BCUT2D eigenvalue weighted by atomic mass is 16.4. The second-order valence-electron chi connectivity index (χ2n) is 4.88. The number of aromatic amines is 1. The highest BCUT2D eigenvalue weighted by Gasteiger charge is 2.19. The van der Waals surface area contributed by atoms with Crippen molar-refractivity contribution < 1.29 is 9.90 Å². The lowest BCUT2D eigenvalue weighted by Crippen LogP contribution is -2.11. The van der Waals surface area contributed by atoms with Crippen LogP contribution >= 0.6 is 0 Å². The van der Waals surface area contributed by atoms with E-state index < -0.39 is 11.9 Å². The fourth-order valence-corrected chi connectivity index (χ4v) is 2.38. The number of rotatable bonds is 6. The van der Waals surface area contributed by atoms with Gasteiger partial charge in [-0.15, -0.1) is 0 Å². The van der Waals surface area contributed by atoms with Gasteiger partial charge in [-0.25, -0.2) is 0 Å². The van der Waals surface area contributed by atoms with Crippen LogP contribution in [0.1, 0.15) is 43.4 Å². The molecule has 0 saturated carbocycles. The number of fused-ring (bicyclic) bond motifs is 1. The third-order valence-corrected chi connectivity index (χ3v) is 3.47. The van der Waals surface area contributed by atoms with Crippen molar-refractivity contribution in [2.24, 2.45) is 5.73 Å². The molecular weight excluding hydrogens is 240 g/mol. The predicted molar refractivity (Wildman–Crippen MR) is 76.1 cm³/mol. The largest absolute Gasteiger partial charge is 0.481 e. The van der Waals surface area contributed by atoms with Gasteiger partial charge in [0.05, 0.1) is 5.92 Å².